The molecular weight excluding hydrogens is 286 g/mol. The number of rotatable bonds is 4. The van der Waals surface area contributed by atoms with Gasteiger partial charge in [-0.15, -0.1) is 0 Å². The minimum Gasteiger partial charge on any atom is -0.481 e. The molecule has 2 rings (SSSR count). The van der Waals surface area contributed by atoms with Gasteiger partial charge in [0.2, 0.25) is 0 Å². The lowest BCUT2D eigenvalue weighted by molar-refractivity contribution is -0.150. The monoisotopic (exact) mass is 303 g/mol. The van der Waals surface area contributed by atoms with Crippen LogP contribution in [0.2, 0.25) is 0 Å². The molecule has 2 unspecified atom stereocenters. The van der Waals surface area contributed by atoms with Gasteiger partial charge in [0.1, 0.15) is 5.54 Å². The number of ketones is 1. The van der Waals surface area contributed by atoms with E-state index in [0.717, 1.165) is 0 Å². The SMILES string of the molecule is CC1(C(=O)O)C=C(C(=O)c2ccccc2)CC(N)(C(=O)O)C1. The summed E-state index contributed by atoms with van der Waals surface area (Å²) in [6, 6.07) is 8.29. The quantitative estimate of drug-likeness (QED) is 0.725. The van der Waals surface area contributed by atoms with Gasteiger partial charge in [-0.05, 0) is 18.9 Å². The lowest BCUT2D eigenvalue weighted by atomic mass is 9.68. The summed E-state index contributed by atoms with van der Waals surface area (Å²) >= 11 is 0. The highest BCUT2D eigenvalue weighted by molar-refractivity contribution is 6.10. The first kappa shape index (κ1) is 15.9. The molecule has 0 fully saturated rings. The molecule has 116 valence electrons. The number of hydrogen-bond donors (Lipinski definition) is 3. The van der Waals surface area contributed by atoms with Crippen molar-refractivity contribution in [3.8, 4) is 0 Å². The first-order chi connectivity index (χ1) is 10.2. The van der Waals surface area contributed by atoms with Crippen LogP contribution in [0.15, 0.2) is 42.0 Å². The maximum absolute atomic E-state index is 12.5. The van der Waals surface area contributed by atoms with Crippen LogP contribution in [-0.2, 0) is 9.59 Å². The fraction of sp³-hybridized carbons (Fsp3) is 0.312. The van der Waals surface area contributed by atoms with Gasteiger partial charge in [-0.25, -0.2) is 0 Å². The number of carbonyl (C=O) groups is 3. The summed E-state index contributed by atoms with van der Waals surface area (Å²) in [6.07, 6.45) is 0.869. The summed E-state index contributed by atoms with van der Waals surface area (Å²) in [7, 11) is 0. The zero-order valence-corrected chi connectivity index (χ0v) is 12.1. The second-order valence-corrected chi connectivity index (χ2v) is 5.90. The Bertz CT molecular complexity index is 666. The maximum atomic E-state index is 12.5. The third-order valence-corrected chi connectivity index (χ3v) is 3.92. The Labute approximate surface area is 127 Å². The highest BCUT2D eigenvalue weighted by atomic mass is 16.4. The van der Waals surface area contributed by atoms with E-state index >= 15 is 0 Å². The van der Waals surface area contributed by atoms with E-state index in [1.165, 1.54) is 13.0 Å². The van der Waals surface area contributed by atoms with Crippen LogP contribution < -0.4 is 5.73 Å². The summed E-state index contributed by atoms with van der Waals surface area (Å²) < 4.78 is 0. The molecule has 0 aromatic heterocycles. The van der Waals surface area contributed by atoms with Crippen LogP contribution in [0.25, 0.3) is 0 Å². The zero-order chi connectivity index (χ0) is 16.5. The fourth-order valence-corrected chi connectivity index (χ4v) is 2.75. The largest absolute Gasteiger partial charge is 0.481 e. The molecule has 4 N–H and O–H groups in total. The number of hydrogen-bond acceptors (Lipinski definition) is 4. The third-order valence-electron chi connectivity index (χ3n) is 3.92. The van der Waals surface area contributed by atoms with Crippen molar-refractivity contribution in [2.75, 3.05) is 0 Å². The number of carbonyl (C=O) groups excluding carboxylic acids is 1. The van der Waals surface area contributed by atoms with Gasteiger partial charge in [-0.2, -0.15) is 0 Å². The van der Waals surface area contributed by atoms with Crippen LogP contribution in [0, 0.1) is 5.41 Å². The Morgan fingerprint density at radius 2 is 1.68 bits per heavy atom. The van der Waals surface area contributed by atoms with Gasteiger partial charge in [-0.3, -0.25) is 14.4 Å². The molecule has 0 saturated carbocycles. The van der Waals surface area contributed by atoms with Gasteiger partial charge in [0.05, 0.1) is 5.41 Å². The lowest BCUT2D eigenvalue weighted by Crippen LogP contribution is -2.55. The second-order valence-electron chi connectivity index (χ2n) is 5.90. The van der Waals surface area contributed by atoms with E-state index in [2.05, 4.69) is 0 Å². The number of benzene rings is 1. The average molecular weight is 303 g/mol. The van der Waals surface area contributed by atoms with Crippen molar-refractivity contribution in [2.45, 2.75) is 25.3 Å². The van der Waals surface area contributed by atoms with Crippen LogP contribution >= 0.6 is 0 Å². The number of aliphatic carboxylic acids is 2. The molecule has 0 amide bonds. The molecule has 1 aliphatic rings. The first-order valence-corrected chi connectivity index (χ1v) is 6.75. The Kier molecular flexibility index (Phi) is 3.89. The fourth-order valence-electron chi connectivity index (χ4n) is 2.75. The minimum absolute atomic E-state index is 0.118. The predicted octanol–water partition coefficient (Wildman–Crippen LogP) is 1.46. The maximum Gasteiger partial charge on any atom is 0.324 e. The molecule has 2 atom stereocenters. The third kappa shape index (κ3) is 2.78. The molecule has 0 heterocycles. The van der Waals surface area contributed by atoms with Crippen molar-refractivity contribution in [2.24, 2.45) is 11.1 Å². The molecule has 6 nitrogen and oxygen atoms in total. The lowest BCUT2D eigenvalue weighted by Gasteiger charge is -2.37. The molecule has 22 heavy (non-hydrogen) atoms. The molecule has 0 bridgehead atoms. The Balaban J connectivity index is 2.49. The van der Waals surface area contributed by atoms with Crippen LogP contribution in [0.1, 0.15) is 30.1 Å². The molecule has 1 aliphatic carbocycles. The van der Waals surface area contributed by atoms with Crippen molar-refractivity contribution in [1.29, 1.82) is 0 Å². The highest BCUT2D eigenvalue weighted by Gasteiger charge is 2.49. The number of Topliss-reactive ketones (excluding diaryl/α,β-unsaturated/α-hetero) is 1. The Morgan fingerprint density at radius 3 is 2.18 bits per heavy atom. The van der Waals surface area contributed by atoms with E-state index in [1.54, 1.807) is 30.3 Å². The molecule has 0 radical (unpaired) electrons. The van der Waals surface area contributed by atoms with Crippen molar-refractivity contribution < 1.29 is 24.6 Å². The summed E-state index contributed by atoms with van der Waals surface area (Å²) in [5.74, 6) is -2.92. The van der Waals surface area contributed by atoms with Crippen molar-refractivity contribution in [3.63, 3.8) is 0 Å². The van der Waals surface area contributed by atoms with Gasteiger partial charge in [-0.1, -0.05) is 36.4 Å². The predicted molar refractivity (Wildman–Crippen MR) is 78.4 cm³/mol. The molecule has 0 spiro atoms. The van der Waals surface area contributed by atoms with Crippen LogP contribution in [0.5, 0.6) is 0 Å². The van der Waals surface area contributed by atoms with E-state index in [9.17, 15) is 24.6 Å². The first-order valence-electron chi connectivity index (χ1n) is 6.75. The second kappa shape index (κ2) is 5.38. The van der Waals surface area contributed by atoms with Crippen LogP contribution in [0.3, 0.4) is 0 Å². The number of carboxylic acids is 2. The summed E-state index contributed by atoms with van der Waals surface area (Å²) in [5, 5.41) is 18.7. The van der Waals surface area contributed by atoms with Crippen LogP contribution in [0.4, 0.5) is 0 Å². The Hall–Kier alpha value is -2.47. The van der Waals surface area contributed by atoms with Gasteiger partial charge in [0.15, 0.2) is 5.78 Å². The topological polar surface area (TPSA) is 118 Å². The van der Waals surface area contributed by atoms with Gasteiger partial charge in [0, 0.05) is 12.0 Å². The van der Waals surface area contributed by atoms with Gasteiger partial charge in [0.25, 0.3) is 0 Å². The van der Waals surface area contributed by atoms with E-state index < -0.39 is 28.7 Å². The molecular formula is C16H17NO5. The molecule has 6 heteroatoms. The van der Waals surface area contributed by atoms with Crippen LogP contribution in [-0.4, -0.2) is 33.5 Å². The van der Waals surface area contributed by atoms with E-state index in [0.29, 0.717) is 5.56 Å². The Morgan fingerprint density at radius 1 is 1.09 bits per heavy atom. The number of nitrogens with two attached hydrogens (primary N) is 1. The van der Waals surface area contributed by atoms with Crippen molar-refractivity contribution in [3.05, 3.63) is 47.5 Å². The summed E-state index contributed by atoms with van der Waals surface area (Å²) in [6.45, 7) is 1.37. The van der Waals surface area contributed by atoms with E-state index in [-0.39, 0.29) is 18.4 Å². The molecule has 0 aliphatic heterocycles. The van der Waals surface area contributed by atoms with E-state index in [1.807, 2.05) is 0 Å². The normalized spacial score (nSPS) is 27.8. The smallest absolute Gasteiger partial charge is 0.324 e. The minimum atomic E-state index is -1.78. The molecule has 1 aromatic carbocycles. The van der Waals surface area contributed by atoms with Crippen molar-refractivity contribution in [1.82, 2.24) is 0 Å². The summed E-state index contributed by atoms with van der Waals surface area (Å²) in [4.78, 5) is 35.4. The van der Waals surface area contributed by atoms with Gasteiger partial charge >= 0.3 is 11.9 Å². The van der Waals surface area contributed by atoms with Crippen molar-refractivity contribution >= 4 is 17.7 Å². The van der Waals surface area contributed by atoms with Gasteiger partial charge < -0.3 is 15.9 Å². The number of carboxylic acid groups (broad SMARTS) is 2. The standard InChI is InChI=1S/C16H17NO5/c1-15(13(19)20)7-11(8-16(17,9-15)14(21)22)12(18)10-5-3-2-4-6-10/h2-7H,8-9,17H2,1H3,(H,19,20)(H,21,22). The zero-order valence-electron chi connectivity index (χ0n) is 12.1. The molecule has 1 aromatic rings. The average Bonchev–Trinajstić information content (AvgIpc) is 2.46. The highest BCUT2D eigenvalue weighted by Crippen LogP contribution is 2.40. The molecule has 0 saturated heterocycles. The van der Waals surface area contributed by atoms with E-state index in [4.69, 9.17) is 5.73 Å². The summed E-state index contributed by atoms with van der Waals surface area (Å²) in [5.41, 5.74) is 3.08.